The number of hydrogen-bond donors (Lipinski definition) is 1. The number of likely N-dealkylation sites (tertiary alicyclic amines) is 1. The number of nitrogens with one attached hydrogen (secondary N) is 1. The summed E-state index contributed by atoms with van der Waals surface area (Å²) in [6, 6.07) is 23.6. The highest BCUT2D eigenvalue weighted by molar-refractivity contribution is 6.30. The molecule has 3 aromatic carbocycles. The normalized spacial score (nSPS) is 18.0. The van der Waals surface area contributed by atoms with Gasteiger partial charge < -0.3 is 19.7 Å². The van der Waals surface area contributed by atoms with Crippen molar-refractivity contribution in [2.45, 2.75) is 12.3 Å². The molecular formula is C28H31ClN2O3. The van der Waals surface area contributed by atoms with E-state index in [1.165, 1.54) is 11.1 Å². The molecule has 0 radical (unpaired) electrons. The molecule has 0 spiro atoms. The van der Waals surface area contributed by atoms with Gasteiger partial charge in [-0.05, 0) is 65.9 Å². The molecule has 1 fully saturated rings. The van der Waals surface area contributed by atoms with Gasteiger partial charge in [-0.25, -0.2) is 0 Å². The Kier molecular flexibility index (Phi) is 8.09. The van der Waals surface area contributed by atoms with Crippen LogP contribution in [0.4, 0.5) is 0 Å². The summed E-state index contributed by atoms with van der Waals surface area (Å²) in [5, 5.41) is 3.70. The Hall–Kier alpha value is -3.02. The zero-order valence-electron chi connectivity index (χ0n) is 19.7. The summed E-state index contributed by atoms with van der Waals surface area (Å²) in [5.74, 6) is 2.28. The quantitative estimate of drug-likeness (QED) is 0.468. The molecule has 178 valence electrons. The van der Waals surface area contributed by atoms with E-state index in [1.807, 2.05) is 24.3 Å². The molecule has 1 aliphatic heterocycles. The van der Waals surface area contributed by atoms with Crippen molar-refractivity contribution in [1.82, 2.24) is 10.2 Å². The van der Waals surface area contributed by atoms with Gasteiger partial charge in [0.25, 0.3) is 5.91 Å². The van der Waals surface area contributed by atoms with E-state index < -0.39 is 0 Å². The Morgan fingerprint density at radius 1 is 0.971 bits per heavy atom. The van der Waals surface area contributed by atoms with Crippen molar-refractivity contribution in [2.75, 3.05) is 40.4 Å². The summed E-state index contributed by atoms with van der Waals surface area (Å²) in [7, 11) is 3.36. The standard InChI is InChI=1S/C28H31ClN2O3/c1-33-25-10-6-20(7-11-25)14-15-31-18-23(17-30-28(32)22-4-3-5-24(29)16-22)27(19-31)21-8-12-26(34-2)13-9-21/h3-13,16,23,27H,14-15,17-19H2,1-2H3,(H,30,32)/t23-,27+/m0/s1. The topological polar surface area (TPSA) is 50.8 Å². The molecule has 6 heteroatoms. The van der Waals surface area contributed by atoms with E-state index >= 15 is 0 Å². The molecule has 1 aliphatic rings. The van der Waals surface area contributed by atoms with Crippen LogP contribution in [0, 0.1) is 5.92 Å². The van der Waals surface area contributed by atoms with Crippen LogP contribution in [0.3, 0.4) is 0 Å². The van der Waals surface area contributed by atoms with E-state index in [-0.39, 0.29) is 5.91 Å². The number of halogens is 1. The molecule has 0 aliphatic carbocycles. The highest BCUT2D eigenvalue weighted by atomic mass is 35.5. The average Bonchev–Trinajstić information content (AvgIpc) is 3.29. The van der Waals surface area contributed by atoms with E-state index in [0.717, 1.165) is 37.6 Å². The second-order valence-electron chi connectivity index (χ2n) is 8.72. The van der Waals surface area contributed by atoms with E-state index in [2.05, 4.69) is 34.5 Å². The predicted octanol–water partition coefficient (Wildman–Crippen LogP) is 5.05. The van der Waals surface area contributed by atoms with E-state index in [9.17, 15) is 4.79 Å². The van der Waals surface area contributed by atoms with Gasteiger partial charge >= 0.3 is 0 Å². The number of hydrogen-bond acceptors (Lipinski definition) is 4. The summed E-state index contributed by atoms with van der Waals surface area (Å²) in [6.45, 7) is 3.47. The molecule has 2 atom stereocenters. The summed E-state index contributed by atoms with van der Waals surface area (Å²) < 4.78 is 10.6. The number of amides is 1. The van der Waals surface area contributed by atoms with Crippen molar-refractivity contribution < 1.29 is 14.3 Å². The van der Waals surface area contributed by atoms with Gasteiger partial charge in [0.05, 0.1) is 14.2 Å². The van der Waals surface area contributed by atoms with Crippen LogP contribution in [0.25, 0.3) is 0 Å². The number of rotatable bonds is 9. The SMILES string of the molecule is COc1ccc(CCN2C[C@H](CNC(=O)c3cccc(Cl)c3)[C@@H](c3ccc(OC)cc3)C2)cc1. The minimum Gasteiger partial charge on any atom is -0.497 e. The molecule has 1 N–H and O–H groups in total. The first-order chi connectivity index (χ1) is 16.6. The Morgan fingerprint density at radius 2 is 1.65 bits per heavy atom. The minimum atomic E-state index is -0.0901. The predicted molar refractivity (Wildman–Crippen MR) is 136 cm³/mol. The molecule has 5 nitrogen and oxygen atoms in total. The first-order valence-corrected chi connectivity index (χ1v) is 12.0. The average molecular weight is 479 g/mol. The van der Waals surface area contributed by atoms with Crippen LogP contribution in [0.1, 0.15) is 27.4 Å². The number of ether oxygens (including phenoxy) is 2. The fourth-order valence-corrected chi connectivity index (χ4v) is 4.80. The van der Waals surface area contributed by atoms with Crippen LogP contribution in [-0.4, -0.2) is 51.2 Å². The Morgan fingerprint density at radius 3 is 2.29 bits per heavy atom. The molecule has 1 saturated heterocycles. The monoisotopic (exact) mass is 478 g/mol. The molecule has 0 unspecified atom stereocenters. The van der Waals surface area contributed by atoms with Crippen LogP contribution in [0.5, 0.6) is 11.5 Å². The van der Waals surface area contributed by atoms with Crippen molar-refractivity contribution in [1.29, 1.82) is 0 Å². The van der Waals surface area contributed by atoms with Gasteiger partial charge in [-0.2, -0.15) is 0 Å². The Bertz CT molecular complexity index is 1090. The maximum absolute atomic E-state index is 12.7. The smallest absolute Gasteiger partial charge is 0.251 e. The lowest BCUT2D eigenvalue weighted by molar-refractivity contribution is 0.0946. The van der Waals surface area contributed by atoms with Crippen molar-refractivity contribution in [2.24, 2.45) is 5.92 Å². The first-order valence-electron chi connectivity index (χ1n) is 11.6. The van der Waals surface area contributed by atoms with Gasteiger partial charge in [0.15, 0.2) is 0 Å². The molecule has 0 bridgehead atoms. The molecular weight excluding hydrogens is 448 g/mol. The van der Waals surface area contributed by atoms with Gasteiger partial charge in [-0.1, -0.05) is 41.9 Å². The van der Waals surface area contributed by atoms with E-state index in [1.54, 1.807) is 38.5 Å². The minimum absolute atomic E-state index is 0.0901. The first kappa shape index (κ1) is 24.1. The third-order valence-corrected chi connectivity index (χ3v) is 6.78. The maximum atomic E-state index is 12.7. The molecule has 34 heavy (non-hydrogen) atoms. The highest BCUT2D eigenvalue weighted by Crippen LogP contribution is 2.33. The van der Waals surface area contributed by atoms with Crippen molar-refractivity contribution in [3.8, 4) is 11.5 Å². The van der Waals surface area contributed by atoms with Gasteiger partial charge in [0, 0.05) is 42.7 Å². The number of methoxy groups -OCH3 is 2. The van der Waals surface area contributed by atoms with Crippen LogP contribution in [-0.2, 0) is 6.42 Å². The lowest BCUT2D eigenvalue weighted by Crippen LogP contribution is -2.32. The number of carbonyl (C=O) groups is 1. The van der Waals surface area contributed by atoms with Crippen molar-refractivity contribution >= 4 is 17.5 Å². The summed E-state index contributed by atoms with van der Waals surface area (Å²) in [6.07, 6.45) is 0.973. The van der Waals surface area contributed by atoms with Crippen molar-refractivity contribution in [3.63, 3.8) is 0 Å². The largest absolute Gasteiger partial charge is 0.497 e. The second-order valence-corrected chi connectivity index (χ2v) is 9.15. The lowest BCUT2D eigenvalue weighted by atomic mass is 9.89. The van der Waals surface area contributed by atoms with Crippen LogP contribution < -0.4 is 14.8 Å². The number of benzene rings is 3. The molecule has 1 heterocycles. The summed E-state index contributed by atoms with van der Waals surface area (Å²) >= 11 is 6.06. The zero-order chi connectivity index (χ0) is 23.9. The maximum Gasteiger partial charge on any atom is 0.251 e. The number of carbonyl (C=O) groups excluding carboxylic acids is 1. The van der Waals surface area contributed by atoms with E-state index in [4.69, 9.17) is 21.1 Å². The molecule has 1 amide bonds. The third kappa shape index (κ3) is 6.10. The zero-order valence-corrected chi connectivity index (χ0v) is 20.4. The summed E-state index contributed by atoms with van der Waals surface area (Å²) in [4.78, 5) is 15.2. The van der Waals surface area contributed by atoms with Crippen LogP contribution >= 0.6 is 11.6 Å². The number of nitrogens with zero attached hydrogens (tertiary/aromatic N) is 1. The van der Waals surface area contributed by atoms with Gasteiger partial charge in [-0.3, -0.25) is 4.79 Å². The van der Waals surface area contributed by atoms with Crippen LogP contribution in [0.2, 0.25) is 5.02 Å². The van der Waals surface area contributed by atoms with Crippen molar-refractivity contribution in [3.05, 3.63) is 94.5 Å². The summed E-state index contributed by atoms with van der Waals surface area (Å²) in [5.41, 5.74) is 3.15. The third-order valence-electron chi connectivity index (χ3n) is 6.55. The van der Waals surface area contributed by atoms with E-state index in [0.29, 0.717) is 29.0 Å². The molecule has 0 aromatic heterocycles. The fraction of sp³-hybridized carbons (Fsp3) is 0.321. The Labute approximate surface area is 206 Å². The van der Waals surface area contributed by atoms with Gasteiger partial charge in [0.1, 0.15) is 11.5 Å². The Balaban J connectivity index is 1.42. The molecule has 0 saturated carbocycles. The molecule has 3 aromatic rings. The fourth-order valence-electron chi connectivity index (χ4n) is 4.61. The molecule has 4 rings (SSSR count). The van der Waals surface area contributed by atoms with Gasteiger partial charge in [-0.15, -0.1) is 0 Å². The van der Waals surface area contributed by atoms with Crippen LogP contribution in [0.15, 0.2) is 72.8 Å². The highest BCUT2D eigenvalue weighted by Gasteiger charge is 2.33. The second kappa shape index (κ2) is 11.4. The van der Waals surface area contributed by atoms with Gasteiger partial charge in [0.2, 0.25) is 0 Å². The lowest BCUT2D eigenvalue weighted by Gasteiger charge is -2.19.